The largest absolute Gasteiger partial charge is 0.345 e. The van der Waals surface area contributed by atoms with Gasteiger partial charge in [0.05, 0.1) is 12.5 Å². The van der Waals surface area contributed by atoms with Gasteiger partial charge >= 0.3 is 5.69 Å². The van der Waals surface area contributed by atoms with Crippen LogP contribution in [0.4, 0.5) is 0 Å². The first kappa shape index (κ1) is 15.6. The lowest BCUT2D eigenvalue weighted by atomic mass is 10.0. The summed E-state index contributed by atoms with van der Waals surface area (Å²) in [6, 6.07) is 16.0. The molecule has 1 amide bonds. The van der Waals surface area contributed by atoms with Crippen molar-refractivity contribution in [3.8, 4) is 0 Å². The van der Waals surface area contributed by atoms with Crippen LogP contribution in [0.15, 0.2) is 59.5 Å². The minimum atomic E-state index is -0.369. The number of nitrogens with zero attached hydrogens (tertiary/aromatic N) is 2. The molecule has 126 valence electrons. The van der Waals surface area contributed by atoms with Gasteiger partial charge in [0, 0.05) is 18.4 Å². The van der Waals surface area contributed by atoms with Crippen molar-refractivity contribution in [3.05, 3.63) is 76.5 Å². The normalized spacial score (nSPS) is 17.1. The number of hydrogen-bond acceptors (Lipinski definition) is 3. The average Bonchev–Trinajstić information content (AvgIpc) is 3.11. The fraction of sp³-hybridized carbons (Fsp3) is 0.250. The van der Waals surface area contributed by atoms with E-state index in [1.54, 1.807) is 6.07 Å². The van der Waals surface area contributed by atoms with Gasteiger partial charge in [-0.3, -0.25) is 4.79 Å². The standard InChI is InChI=1S/C20H19N3O2/c24-19(13-14-7-8-15-4-1-2-5-16(15)12-14)23-11-3-6-18(23)17-9-10-21-20(25)22-17/h1-2,4-5,7-10,12,18H,3,6,11,13H2,(H,21,22,25)/t18-/m1/s1. The van der Waals surface area contributed by atoms with Crippen LogP contribution in [0.2, 0.25) is 0 Å². The lowest BCUT2D eigenvalue weighted by Crippen LogP contribution is -2.33. The van der Waals surface area contributed by atoms with Crippen LogP contribution < -0.4 is 5.69 Å². The fourth-order valence-electron chi connectivity index (χ4n) is 3.59. The molecule has 5 nitrogen and oxygen atoms in total. The van der Waals surface area contributed by atoms with E-state index in [0.717, 1.165) is 36.0 Å². The van der Waals surface area contributed by atoms with E-state index in [4.69, 9.17) is 0 Å². The van der Waals surface area contributed by atoms with Gasteiger partial charge in [-0.15, -0.1) is 0 Å². The monoisotopic (exact) mass is 333 g/mol. The minimum Gasteiger partial charge on any atom is -0.334 e. The van der Waals surface area contributed by atoms with Gasteiger partial charge in [-0.25, -0.2) is 9.78 Å². The number of likely N-dealkylation sites (tertiary alicyclic amines) is 1. The van der Waals surface area contributed by atoms with Crippen LogP contribution in [0.3, 0.4) is 0 Å². The van der Waals surface area contributed by atoms with E-state index < -0.39 is 0 Å². The summed E-state index contributed by atoms with van der Waals surface area (Å²) in [7, 11) is 0. The topological polar surface area (TPSA) is 66.1 Å². The predicted molar refractivity (Wildman–Crippen MR) is 96.2 cm³/mol. The first-order valence-corrected chi connectivity index (χ1v) is 8.53. The van der Waals surface area contributed by atoms with Crippen molar-refractivity contribution in [2.75, 3.05) is 6.54 Å². The molecule has 4 rings (SSSR count). The number of nitrogens with one attached hydrogen (secondary N) is 1. The molecule has 5 heteroatoms. The molecule has 1 aromatic heterocycles. The number of aromatic nitrogens is 2. The summed E-state index contributed by atoms with van der Waals surface area (Å²) in [5.41, 5.74) is 1.41. The maximum Gasteiger partial charge on any atom is 0.345 e. The minimum absolute atomic E-state index is 0.0661. The van der Waals surface area contributed by atoms with Gasteiger partial charge in [-0.1, -0.05) is 42.5 Å². The van der Waals surface area contributed by atoms with E-state index in [1.807, 2.05) is 23.1 Å². The molecule has 1 N–H and O–H groups in total. The van der Waals surface area contributed by atoms with Crippen molar-refractivity contribution in [1.29, 1.82) is 0 Å². The molecule has 1 atom stereocenters. The Morgan fingerprint density at radius 2 is 2.00 bits per heavy atom. The SMILES string of the molecule is O=C(Cc1ccc2ccccc2c1)N1CCC[C@@H]1c1ccnc(=O)[nH]1. The Morgan fingerprint density at radius 1 is 1.16 bits per heavy atom. The molecule has 0 radical (unpaired) electrons. The lowest BCUT2D eigenvalue weighted by molar-refractivity contribution is -0.131. The molecule has 0 spiro atoms. The Kier molecular flexibility index (Phi) is 4.06. The number of benzene rings is 2. The highest BCUT2D eigenvalue weighted by molar-refractivity contribution is 5.85. The third-order valence-electron chi connectivity index (χ3n) is 4.80. The maximum atomic E-state index is 12.8. The van der Waals surface area contributed by atoms with Crippen LogP contribution in [0, 0.1) is 0 Å². The number of fused-ring (bicyclic) bond motifs is 1. The summed E-state index contributed by atoms with van der Waals surface area (Å²) >= 11 is 0. The number of carbonyl (C=O) groups is 1. The molecule has 0 unspecified atom stereocenters. The zero-order valence-electron chi connectivity index (χ0n) is 13.8. The van der Waals surface area contributed by atoms with Gasteiger partial charge in [-0.05, 0) is 35.2 Å². The van der Waals surface area contributed by atoms with Gasteiger partial charge in [-0.2, -0.15) is 0 Å². The molecule has 25 heavy (non-hydrogen) atoms. The predicted octanol–water partition coefficient (Wildman–Crippen LogP) is 2.83. The molecule has 0 aliphatic carbocycles. The number of amides is 1. The van der Waals surface area contributed by atoms with E-state index in [-0.39, 0.29) is 17.6 Å². The summed E-state index contributed by atoms with van der Waals surface area (Å²) < 4.78 is 0. The van der Waals surface area contributed by atoms with Gasteiger partial charge in [0.2, 0.25) is 5.91 Å². The zero-order chi connectivity index (χ0) is 17.2. The molecule has 2 aromatic carbocycles. The van der Waals surface area contributed by atoms with Crippen LogP contribution in [0.5, 0.6) is 0 Å². The molecule has 1 aliphatic rings. The van der Waals surface area contributed by atoms with Crippen LogP contribution in [0.25, 0.3) is 10.8 Å². The van der Waals surface area contributed by atoms with Gasteiger partial charge in [0.15, 0.2) is 0 Å². The second kappa shape index (κ2) is 6.51. The van der Waals surface area contributed by atoms with Crippen molar-refractivity contribution < 1.29 is 4.79 Å². The van der Waals surface area contributed by atoms with Crippen molar-refractivity contribution >= 4 is 16.7 Å². The number of rotatable bonds is 3. The van der Waals surface area contributed by atoms with Gasteiger partial charge < -0.3 is 9.88 Å². The summed E-state index contributed by atoms with van der Waals surface area (Å²) in [6.07, 6.45) is 3.68. The van der Waals surface area contributed by atoms with Gasteiger partial charge in [0.1, 0.15) is 0 Å². The molecule has 1 saturated heterocycles. The molecule has 3 aromatic rings. The average molecular weight is 333 g/mol. The number of H-pyrrole nitrogens is 1. The Balaban J connectivity index is 1.55. The molecule has 1 aliphatic heterocycles. The molecule has 1 fully saturated rings. The Morgan fingerprint density at radius 3 is 2.84 bits per heavy atom. The Labute approximate surface area is 145 Å². The number of carbonyl (C=O) groups excluding carboxylic acids is 1. The van der Waals surface area contributed by atoms with E-state index in [1.165, 1.54) is 11.6 Å². The van der Waals surface area contributed by atoms with E-state index in [9.17, 15) is 9.59 Å². The molecular weight excluding hydrogens is 314 g/mol. The molecule has 0 bridgehead atoms. The quantitative estimate of drug-likeness (QED) is 0.801. The van der Waals surface area contributed by atoms with Crippen LogP contribution in [0.1, 0.15) is 30.1 Å². The van der Waals surface area contributed by atoms with Crippen LogP contribution >= 0.6 is 0 Å². The van der Waals surface area contributed by atoms with Crippen molar-refractivity contribution in [2.45, 2.75) is 25.3 Å². The number of aromatic amines is 1. The fourth-order valence-corrected chi connectivity index (χ4v) is 3.59. The smallest absolute Gasteiger partial charge is 0.334 e. The van der Waals surface area contributed by atoms with Crippen molar-refractivity contribution in [1.82, 2.24) is 14.9 Å². The molecular formula is C20H19N3O2. The van der Waals surface area contributed by atoms with E-state index >= 15 is 0 Å². The Bertz CT molecular complexity index is 980. The van der Waals surface area contributed by atoms with E-state index in [2.05, 4.69) is 34.2 Å². The lowest BCUT2D eigenvalue weighted by Gasteiger charge is -2.24. The van der Waals surface area contributed by atoms with E-state index in [0.29, 0.717) is 6.42 Å². The zero-order valence-corrected chi connectivity index (χ0v) is 13.8. The molecule has 2 heterocycles. The Hall–Kier alpha value is -2.95. The van der Waals surface area contributed by atoms with Gasteiger partial charge in [0.25, 0.3) is 0 Å². The number of hydrogen-bond donors (Lipinski definition) is 1. The van der Waals surface area contributed by atoms with Crippen LogP contribution in [-0.2, 0) is 11.2 Å². The second-order valence-electron chi connectivity index (χ2n) is 6.43. The first-order chi connectivity index (χ1) is 12.2. The summed E-state index contributed by atoms with van der Waals surface area (Å²) in [6.45, 7) is 0.724. The second-order valence-corrected chi connectivity index (χ2v) is 6.43. The molecule has 0 saturated carbocycles. The van der Waals surface area contributed by atoms with Crippen LogP contribution in [-0.4, -0.2) is 27.3 Å². The highest BCUT2D eigenvalue weighted by atomic mass is 16.2. The third kappa shape index (κ3) is 3.18. The third-order valence-corrected chi connectivity index (χ3v) is 4.80. The van der Waals surface area contributed by atoms with Crippen molar-refractivity contribution in [2.24, 2.45) is 0 Å². The highest BCUT2D eigenvalue weighted by Crippen LogP contribution is 2.30. The van der Waals surface area contributed by atoms with Crippen molar-refractivity contribution in [3.63, 3.8) is 0 Å². The first-order valence-electron chi connectivity index (χ1n) is 8.53. The summed E-state index contributed by atoms with van der Waals surface area (Å²) in [4.78, 5) is 32.6. The summed E-state index contributed by atoms with van der Waals surface area (Å²) in [5.74, 6) is 0.0930. The highest BCUT2D eigenvalue weighted by Gasteiger charge is 2.30. The summed E-state index contributed by atoms with van der Waals surface area (Å²) in [5, 5.41) is 2.32. The maximum absolute atomic E-state index is 12.8.